The fourth-order valence-corrected chi connectivity index (χ4v) is 2.53. The molecule has 24 heavy (non-hydrogen) atoms. The third kappa shape index (κ3) is 3.33. The number of carbonyl (C=O) groups is 2. The number of likely N-dealkylation sites (N-methyl/N-ethyl adjacent to an activating group) is 1. The van der Waals surface area contributed by atoms with Crippen LogP contribution < -0.4 is 10.2 Å². The SMILES string of the molecule is CN1CCN(c2ccc(Nc3ccnnc3C(=O)O)cc2)C(=O)C1. The number of anilines is 3. The number of carboxylic acids is 1. The van der Waals surface area contributed by atoms with Crippen LogP contribution in [0.4, 0.5) is 17.1 Å². The van der Waals surface area contributed by atoms with Gasteiger partial charge in [0.15, 0.2) is 5.69 Å². The van der Waals surface area contributed by atoms with E-state index in [1.165, 1.54) is 6.20 Å². The highest BCUT2D eigenvalue weighted by Gasteiger charge is 2.22. The van der Waals surface area contributed by atoms with Crippen LogP contribution in [0, 0.1) is 0 Å². The monoisotopic (exact) mass is 327 g/mol. The molecule has 2 aromatic rings. The molecule has 2 heterocycles. The number of rotatable bonds is 4. The van der Waals surface area contributed by atoms with Gasteiger partial charge in [0.05, 0.1) is 18.4 Å². The van der Waals surface area contributed by atoms with Crippen molar-refractivity contribution in [3.05, 3.63) is 42.2 Å². The maximum atomic E-state index is 12.1. The Morgan fingerprint density at radius 1 is 1.21 bits per heavy atom. The van der Waals surface area contributed by atoms with Gasteiger partial charge in [0.25, 0.3) is 0 Å². The second kappa shape index (κ2) is 6.63. The van der Waals surface area contributed by atoms with Crippen molar-refractivity contribution in [2.45, 2.75) is 0 Å². The van der Waals surface area contributed by atoms with Crippen molar-refractivity contribution in [2.75, 3.05) is 36.9 Å². The number of benzene rings is 1. The van der Waals surface area contributed by atoms with Crippen LogP contribution in [0.15, 0.2) is 36.5 Å². The van der Waals surface area contributed by atoms with Crippen LogP contribution in [0.25, 0.3) is 0 Å². The van der Waals surface area contributed by atoms with Crippen molar-refractivity contribution in [3.8, 4) is 0 Å². The number of aromatic nitrogens is 2. The summed E-state index contributed by atoms with van der Waals surface area (Å²) in [5, 5.41) is 19.3. The van der Waals surface area contributed by atoms with Gasteiger partial charge < -0.3 is 15.3 Å². The number of carboxylic acid groups (broad SMARTS) is 1. The van der Waals surface area contributed by atoms with Crippen LogP contribution in [0.2, 0.25) is 0 Å². The first-order valence-electron chi connectivity index (χ1n) is 7.45. The topological polar surface area (TPSA) is 98.7 Å². The maximum Gasteiger partial charge on any atom is 0.358 e. The van der Waals surface area contributed by atoms with Crippen LogP contribution >= 0.6 is 0 Å². The molecule has 0 saturated carbocycles. The van der Waals surface area contributed by atoms with Crippen molar-refractivity contribution < 1.29 is 14.7 Å². The average molecular weight is 327 g/mol. The summed E-state index contributed by atoms with van der Waals surface area (Å²) >= 11 is 0. The van der Waals surface area contributed by atoms with Crippen LogP contribution in [0.3, 0.4) is 0 Å². The summed E-state index contributed by atoms with van der Waals surface area (Å²) in [6.07, 6.45) is 1.42. The third-order valence-corrected chi connectivity index (χ3v) is 3.79. The van der Waals surface area contributed by atoms with E-state index in [9.17, 15) is 9.59 Å². The molecule has 2 N–H and O–H groups in total. The van der Waals surface area contributed by atoms with Crippen molar-refractivity contribution in [1.29, 1.82) is 0 Å². The zero-order chi connectivity index (χ0) is 17.1. The van der Waals surface area contributed by atoms with Crippen LogP contribution in [-0.4, -0.2) is 58.8 Å². The lowest BCUT2D eigenvalue weighted by Crippen LogP contribution is -2.48. The van der Waals surface area contributed by atoms with E-state index < -0.39 is 5.97 Å². The Kier molecular flexibility index (Phi) is 4.39. The molecule has 8 nitrogen and oxygen atoms in total. The van der Waals surface area contributed by atoms with E-state index in [1.807, 2.05) is 24.1 Å². The number of carbonyl (C=O) groups excluding carboxylic acids is 1. The van der Waals surface area contributed by atoms with Gasteiger partial charge in [0.1, 0.15) is 0 Å². The van der Waals surface area contributed by atoms with Gasteiger partial charge in [-0.3, -0.25) is 9.69 Å². The Hall–Kier alpha value is -3.00. The molecule has 1 amide bonds. The highest BCUT2D eigenvalue weighted by atomic mass is 16.4. The van der Waals surface area contributed by atoms with E-state index in [4.69, 9.17) is 5.11 Å². The van der Waals surface area contributed by atoms with Crippen LogP contribution in [0.1, 0.15) is 10.5 Å². The number of aromatic carboxylic acids is 1. The van der Waals surface area contributed by atoms with Gasteiger partial charge in [0, 0.05) is 24.5 Å². The predicted molar refractivity (Wildman–Crippen MR) is 88.6 cm³/mol. The van der Waals surface area contributed by atoms with Gasteiger partial charge in [-0.05, 0) is 37.4 Å². The number of amides is 1. The maximum absolute atomic E-state index is 12.1. The summed E-state index contributed by atoms with van der Waals surface area (Å²) in [7, 11) is 1.92. The van der Waals surface area contributed by atoms with E-state index >= 15 is 0 Å². The van der Waals surface area contributed by atoms with Crippen molar-refractivity contribution >= 4 is 28.9 Å². The number of hydrogen-bond acceptors (Lipinski definition) is 6. The minimum atomic E-state index is -1.15. The zero-order valence-electron chi connectivity index (χ0n) is 13.1. The standard InChI is InChI=1S/C16H17N5O3/c1-20-8-9-21(14(22)10-20)12-4-2-11(3-5-12)18-13-6-7-17-19-15(13)16(23)24/h2-7H,8-10H2,1H3,(H,17,18)(H,23,24). The lowest BCUT2D eigenvalue weighted by molar-refractivity contribution is -0.120. The Morgan fingerprint density at radius 2 is 1.96 bits per heavy atom. The fourth-order valence-electron chi connectivity index (χ4n) is 2.53. The lowest BCUT2D eigenvalue weighted by Gasteiger charge is -2.32. The van der Waals surface area contributed by atoms with Gasteiger partial charge in [0.2, 0.25) is 5.91 Å². The van der Waals surface area contributed by atoms with E-state index in [1.54, 1.807) is 23.1 Å². The number of nitrogens with zero attached hydrogens (tertiary/aromatic N) is 4. The molecule has 124 valence electrons. The minimum absolute atomic E-state index is 0.0657. The molecule has 0 spiro atoms. The van der Waals surface area contributed by atoms with Gasteiger partial charge >= 0.3 is 5.97 Å². The molecule has 8 heteroatoms. The van der Waals surface area contributed by atoms with E-state index in [0.717, 1.165) is 12.2 Å². The summed E-state index contributed by atoms with van der Waals surface area (Å²) in [5.74, 6) is -1.08. The Bertz CT molecular complexity index is 763. The summed E-state index contributed by atoms with van der Waals surface area (Å²) in [5.41, 5.74) is 1.75. The normalized spacial score (nSPS) is 15.4. The molecule has 0 atom stereocenters. The van der Waals surface area contributed by atoms with Gasteiger partial charge in [-0.25, -0.2) is 4.79 Å². The Labute approximate surface area is 138 Å². The number of piperazine rings is 1. The van der Waals surface area contributed by atoms with E-state index in [0.29, 0.717) is 24.5 Å². The van der Waals surface area contributed by atoms with E-state index in [-0.39, 0.29) is 11.6 Å². The highest BCUT2D eigenvalue weighted by Crippen LogP contribution is 2.23. The number of hydrogen-bond donors (Lipinski definition) is 2. The summed E-state index contributed by atoms with van der Waals surface area (Å²) in [6, 6.07) is 8.82. The molecule has 1 saturated heterocycles. The smallest absolute Gasteiger partial charge is 0.358 e. The third-order valence-electron chi connectivity index (χ3n) is 3.79. The Morgan fingerprint density at radius 3 is 2.62 bits per heavy atom. The molecule has 1 aromatic heterocycles. The second-order valence-corrected chi connectivity index (χ2v) is 5.55. The Balaban J connectivity index is 1.76. The van der Waals surface area contributed by atoms with Gasteiger partial charge in [-0.1, -0.05) is 0 Å². The number of nitrogens with one attached hydrogen (secondary N) is 1. The summed E-state index contributed by atoms with van der Waals surface area (Å²) in [6.45, 7) is 1.89. The largest absolute Gasteiger partial charge is 0.476 e. The molecule has 0 bridgehead atoms. The molecular formula is C16H17N5O3. The average Bonchev–Trinajstić information content (AvgIpc) is 2.56. The van der Waals surface area contributed by atoms with Crippen LogP contribution in [-0.2, 0) is 4.79 Å². The molecule has 1 aliphatic heterocycles. The predicted octanol–water partition coefficient (Wildman–Crippen LogP) is 1.20. The first kappa shape index (κ1) is 15.9. The summed E-state index contributed by atoms with van der Waals surface area (Å²) < 4.78 is 0. The first-order chi connectivity index (χ1) is 11.5. The van der Waals surface area contributed by atoms with Crippen molar-refractivity contribution in [3.63, 3.8) is 0 Å². The molecule has 1 aliphatic rings. The highest BCUT2D eigenvalue weighted by molar-refractivity contribution is 5.96. The second-order valence-electron chi connectivity index (χ2n) is 5.55. The minimum Gasteiger partial charge on any atom is -0.476 e. The molecule has 1 fully saturated rings. The van der Waals surface area contributed by atoms with E-state index in [2.05, 4.69) is 15.5 Å². The van der Waals surface area contributed by atoms with Crippen LogP contribution in [0.5, 0.6) is 0 Å². The molecule has 0 unspecified atom stereocenters. The fraction of sp³-hybridized carbons (Fsp3) is 0.250. The van der Waals surface area contributed by atoms with Crippen molar-refractivity contribution in [1.82, 2.24) is 15.1 Å². The molecule has 1 aromatic carbocycles. The first-order valence-corrected chi connectivity index (χ1v) is 7.45. The quantitative estimate of drug-likeness (QED) is 0.870. The zero-order valence-corrected chi connectivity index (χ0v) is 13.1. The molecule has 0 radical (unpaired) electrons. The summed E-state index contributed by atoms with van der Waals surface area (Å²) in [4.78, 5) is 27.0. The molecule has 0 aliphatic carbocycles. The van der Waals surface area contributed by atoms with Crippen molar-refractivity contribution in [2.24, 2.45) is 0 Å². The molecule has 3 rings (SSSR count). The molecular weight excluding hydrogens is 310 g/mol. The van der Waals surface area contributed by atoms with Gasteiger partial charge in [-0.2, -0.15) is 5.10 Å². The van der Waals surface area contributed by atoms with Gasteiger partial charge in [-0.15, -0.1) is 5.10 Å². The lowest BCUT2D eigenvalue weighted by atomic mass is 10.2.